The fraction of sp³-hybridized carbons (Fsp3) is 0.667. The molecule has 1 unspecified atom stereocenters. The smallest absolute Gasteiger partial charge is 0.490 e. The van der Waals surface area contributed by atoms with Gasteiger partial charge in [-0.05, 0) is 37.5 Å². The van der Waals surface area contributed by atoms with Crippen molar-refractivity contribution in [2.45, 2.75) is 69.9 Å². The molecule has 1 aromatic rings. The molecule has 1 heterocycles. The highest BCUT2D eigenvalue weighted by Gasteiger charge is 2.38. The van der Waals surface area contributed by atoms with Crippen molar-refractivity contribution in [1.82, 2.24) is 10.2 Å². The number of carbonyl (C=O) groups is 1. The molecule has 1 saturated carbocycles. The molecule has 0 aromatic heterocycles. The summed E-state index contributed by atoms with van der Waals surface area (Å²) in [5.41, 5.74) is 2.07. The molecule has 2 aliphatic rings. The minimum Gasteiger partial charge on any atom is -0.496 e. The van der Waals surface area contributed by atoms with E-state index in [2.05, 4.69) is 23.2 Å². The lowest BCUT2D eigenvalue weighted by Gasteiger charge is -2.47. The highest BCUT2D eigenvalue weighted by molar-refractivity contribution is 5.73. The zero-order valence-corrected chi connectivity index (χ0v) is 17.4. The van der Waals surface area contributed by atoms with E-state index >= 15 is 0 Å². The van der Waals surface area contributed by atoms with Gasteiger partial charge in [0.2, 0.25) is 0 Å². The van der Waals surface area contributed by atoms with E-state index in [4.69, 9.17) is 14.6 Å². The summed E-state index contributed by atoms with van der Waals surface area (Å²) in [5, 5.41) is 20.3. The number of carboxylic acid groups (broad SMARTS) is 1. The number of aliphatic hydroxyl groups is 1. The fourth-order valence-electron chi connectivity index (χ4n) is 4.00. The van der Waals surface area contributed by atoms with Gasteiger partial charge in [-0.15, -0.1) is 0 Å². The molecule has 6 nitrogen and oxygen atoms in total. The number of alkyl halides is 3. The van der Waals surface area contributed by atoms with Crippen LogP contribution < -0.4 is 10.1 Å². The van der Waals surface area contributed by atoms with Gasteiger partial charge in [0.05, 0.1) is 13.7 Å². The van der Waals surface area contributed by atoms with E-state index in [9.17, 15) is 18.3 Å². The lowest BCUT2D eigenvalue weighted by molar-refractivity contribution is -0.192. The first-order valence-electron chi connectivity index (χ1n) is 10.2. The summed E-state index contributed by atoms with van der Waals surface area (Å²) in [5.74, 6) is -2.00. The normalized spacial score (nSPS) is 19.4. The number of hydrogen-bond acceptors (Lipinski definition) is 5. The number of carboxylic acids is 1. The van der Waals surface area contributed by atoms with Gasteiger partial charge in [-0.3, -0.25) is 4.90 Å². The van der Waals surface area contributed by atoms with Gasteiger partial charge in [-0.1, -0.05) is 25.3 Å². The average Bonchev–Trinajstić information content (AvgIpc) is 2.70. The molecule has 1 aliphatic carbocycles. The van der Waals surface area contributed by atoms with Crippen LogP contribution in [0.2, 0.25) is 0 Å². The van der Waals surface area contributed by atoms with Gasteiger partial charge in [0.15, 0.2) is 0 Å². The van der Waals surface area contributed by atoms with E-state index in [1.54, 1.807) is 7.11 Å². The zero-order chi connectivity index (χ0) is 22.3. The van der Waals surface area contributed by atoms with Crippen LogP contribution in [-0.2, 0) is 11.4 Å². The largest absolute Gasteiger partial charge is 0.496 e. The number of benzene rings is 1. The summed E-state index contributed by atoms with van der Waals surface area (Å²) in [7, 11) is 1.64. The molecular weight excluding hydrogens is 401 g/mol. The second kappa shape index (κ2) is 11.0. The van der Waals surface area contributed by atoms with Crippen LogP contribution in [-0.4, -0.2) is 59.5 Å². The highest BCUT2D eigenvalue weighted by atomic mass is 19.4. The third-order valence-electron chi connectivity index (χ3n) is 5.70. The summed E-state index contributed by atoms with van der Waals surface area (Å²) >= 11 is 0. The molecule has 0 amide bonds. The van der Waals surface area contributed by atoms with Gasteiger partial charge < -0.3 is 20.3 Å². The van der Waals surface area contributed by atoms with Crippen LogP contribution >= 0.6 is 0 Å². The van der Waals surface area contributed by atoms with Crippen LogP contribution in [0.5, 0.6) is 5.75 Å². The van der Waals surface area contributed by atoms with Crippen molar-refractivity contribution in [3.05, 3.63) is 29.3 Å². The summed E-state index contributed by atoms with van der Waals surface area (Å²) < 4.78 is 37.0. The first-order chi connectivity index (χ1) is 14.2. The number of ether oxygens (including phenoxy) is 1. The number of halogens is 3. The van der Waals surface area contributed by atoms with Gasteiger partial charge in [-0.2, -0.15) is 13.2 Å². The number of nitrogens with zero attached hydrogens (tertiary/aromatic N) is 1. The second-order valence-corrected chi connectivity index (χ2v) is 7.86. The van der Waals surface area contributed by atoms with Crippen molar-refractivity contribution in [1.29, 1.82) is 0 Å². The van der Waals surface area contributed by atoms with E-state index in [-0.39, 0.29) is 6.61 Å². The SMILES string of the molecule is COc1ccc(C(C)NC2CN(C3CCCCC3)C2)cc1CO.O=C(O)C(F)(F)F. The predicted octanol–water partition coefficient (Wildman–Crippen LogP) is 3.49. The molecule has 1 aliphatic heterocycles. The molecule has 1 saturated heterocycles. The molecule has 0 spiro atoms. The van der Waals surface area contributed by atoms with E-state index in [0.717, 1.165) is 17.4 Å². The van der Waals surface area contributed by atoms with E-state index < -0.39 is 12.1 Å². The Morgan fingerprint density at radius 3 is 2.37 bits per heavy atom. The van der Waals surface area contributed by atoms with E-state index in [1.165, 1.54) is 50.8 Å². The van der Waals surface area contributed by atoms with Gasteiger partial charge in [-0.25, -0.2) is 4.79 Å². The number of aliphatic carboxylic acids is 1. The van der Waals surface area contributed by atoms with Crippen LogP contribution in [0.4, 0.5) is 13.2 Å². The Bertz CT molecular complexity index is 687. The van der Waals surface area contributed by atoms with Crippen molar-refractivity contribution >= 4 is 5.97 Å². The topological polar surface area (TPSA) is 82.0 Å². The van der Waals surface area contributed by atoms with Gasteiger partial charge in [0.25, 0.3) is 0 Å². The predicted molar refractivity (Wildman–Crippen MR) is 106 cm³/mol. The maximum Gasteiger partial charge on any atom is 0.490 e. The molecule has 2 fully saturated rings. The first kappa shape index (κ1) is 24.4. The van der Waals surface area contributed by atoms with Gasteiger partial charge in [0.1, 0.15) is 5.75 Å². The number of rotatable bonds is 6. The van der Waals surface area contributed by atoms with Gasteiger partial charge in [0, 0.05) is 36.8 Å². The van der Waals surface area contributed by atoms with Crippen molar-refractivity contribution in [3.8, 4) is 5.75 Å². The molecule has 9 heteroatoms. The van der Waals surface area contributed by atoms with E-state index in [0.29, 0.717) is 12.1 Å². The third-order valence-corrected chi connectivity index (χ3v) is 5.70. The molecule has 1 aromatic carbocycles. The van der Waals surface area contributed by atoms with Crippen LogP contribution in [0, 0.1) is 0 Å². The lowest BCUT2D eigenvalue weighted by Crippen LogP contribution is -2.61. The summed E-state index contributed by atoms with van der Waals surface area (Å²) in [6, 6.07) is 7.81. The standard InChI is InChI=1S/C19H30N2O2.C2HF3O2/c1-14(15-8-9-19(23-2)16(10-15)13-22)20-17-11-21(12-17)18-6-4-3-5-7-18;3-2(4,5)1(6)7/h8-10,14,17-18,20,22H,3-7,11-13H2,1-2H3;(H,6,7). The molecular formula is C21H31F3N2O4. The van der Waals surface area contributed by atoms with Crippen molar-refractivity contribution < 1.29 is 32.9 Å². The van der Waals surface area contributed by atoms with Crippen molar-refractivity contribution in [2.24, 2.45) is 0 Å². The maximum absolute atomic E-state index is 10.6. The maximum atomic E-state index is 10.6. The Kier molecular flexibility index (Phi) is 8.93. The Hall–Kier alpha value is -1.84. The van der Waals surface area contributed by atoms with Crippen LogP contribution in [0.1, 0.15) is 56.2 Å². The number of aliphatic hydroxyl groups excluding tert-OH is 1. The van der Waals surface area contributed by atoms with Crippen LogP contribution in [0.25, 0.3) is 0 Å². The van der Waals surface area contributed by atoms with Gasteiger partial charge >= 0.3 is 12.1 Å². The molecule has 30 heavy (non-hydrogen) atoms. The average molecular weight is 432 g/mol. The van der Waals surface area contributed by atoms with Crippen molar-refractivity contribution in [2.75, 3.05) is 20.2 Å². The Morgan fingerprint density at radius 1 is 1.27 bits per heavy atom. The molecule has 0 bridgehead atoms. The molecule has 170 valence electrons. The third kappa shape index (κ3) is 6.85. The number of likely N-dealkylation sites (tertiary alicyclic amines) is 1. The number of hydrogen-bond donors (Lipinski definition) is 3. The second-order valence-electron chi connectivity index (χ2n) is 7.86. The number of nitrogens with one attached hydrogen (secondary N) is 1. The molecule has 0 radical (unpaired) electrons. The van der Waals surface area contributed by atoms with Crippen LogP contribution in [0.15, 0.2) is 18.2 Å². The highest BCUT2D eigenvalue weighted by Crippen LogP contribution is 2.28. The summed E-state index contributed by atoms with van der Waals surface area (Å²) in [6.07, 6.45) is 1.94. The van der Waals surface area contributed by atoms with E-state index in [1.807, 2.05) is 12.1 Å². The van der Waals surface area contributed by atoms with Crippen molar-refractivity contribution in [3.63, 3.8) is 0 Å². The monoisotopic (exact) mass is 432 g/mol. The zero-order valence-electron chi connectivity index (χ0n) is 17.4. The quantitative estimate of drug-likeness (QED) is 0.639. The Labute approximate surface area is 175 Å². The summed E-state index contributed by atoms with van der Waals surface area (Å²) in [6.45, 7) is 4.57. The minimum absolute atomic E-state index is 0.0165. The fourth-order valence-corrected chi connectivity index (χ4v) is 4.00. The molecule has 3 N–H and O–H groups in total. The number of methoxy groups -OCH3 is 1. The lowest BCUT2D eigenvalue weighted by atomic mass is 9.91. The van der Waals surface area contributed by atoms with Crippen LogP contribution in [0.3, 0.4) is 0 Å². The molecule has 3 rings (SSSR count). The Morgan fingerprint density at radius 2 is 1.87 bits per heavy atom. The first-order valence-corrected chi connectivity index (χ1v) is 10.2. The Balaban J connectivity index is 0.000000396. The summed E-state index contributed by atoms with van der Waals surface area (Å²) in [4.78, 5) is 11.5. The molecule has 1 atom stereocenters. The minimum atomic E-state index is -5.08.